The second-order valence-corrected chi connectivity index (χ2v) is 2.83. The van der Waals surface area contributed by atoms with Crippen molar-refractivity contribution in [2.75, 3.05) is 0 Å². The van der Waals surface area contributed by atoms with Crippen LogP contribution in [-0.4, -0.2) is 10.1 Å². The molecule has 0 aliphatic rings. The van der Waals surface area contributed by atoms with E-state index in [4.69, 9.17) is 0 Å². The van der Waals surface area contributed by atoms with Gasteiger partial charge in [0.05, 0.1) is 5.52 Å². The minimum Gasteiger partial charge on any atom is -0.508 e. The van der Waals surface area contributed by atoms with Gasteiger partial charge in [-0.05, 0) is 31.2 Å². The van der Waals surface area contributed by atoms with Gasteiger partial charge < -0.3 is 5.11 Å². The third-order valence-corrected chi connectivity index (χ3v) is 1.81. The van der Waals surface area contributed by atoms with Crippen molar-refractivity contribution in [2.45, 2.75) is 6.92 Å². The number of pyridine rings is 1. The van der Waals surface area contributed by atoms with Crippen molar-refractivity contribution in [3.8, 4) is 5.75 Å². The van der Waals surface area contributed by atoms with Crippen molar-refractivity contribution in [1.82, 2.24) is 4.98 Å². The van der Waals surface area contributed by atoms with Gasteiger partial charge in [0.1, 0.15) is 5.75 Å². The van der Waals surface area contributed by atoms with Crippen LogP contribution in [0.2, 0.25) is 0 Å². The highest BCUT2D eigenvalue weighted by atomic mass is 79.9. The predicted molar refractivity (Wildman–Crippen MR) is 58.5 cm³/mol. The Labute approximate surface area is 87.0 Å². The number of aromatic hydroxyl groups is 1. The van der Waals surface area contributed by atoms with E-state index in [1.807, 2.05) is 25.1 Å². The summed E-state index contributed by atoms with van der Waals surface area (Å²) in [6, 6.07) is 9.06. The summed E-state index contributed by atoms with van der Waals surface area (Å²) < 4.78 is 0. The fourth-order valence-corrected chi connectivity index (χ4v) is 1.21. The van der Waals surface area contributed by atoms with E-state index < -0.39 is 0 Å². The molecule has 0 aliphatic carbocycles. The van der Waals surface area contributed by atoms with Gasteiger partial charge in [-0.3, -0.25) is 4.98 Å². The largest absolute Gasteiger partial charge is 0.508 e. The van der Waals surface area contributed by atoms with Crippen molar-refractivity contribution in [1.29, 1.82) is 0 Å². The first kappa shape index (κ1) is 9.99. The smallest absolute Gasteiger partial charge is 0.116 e. The molecule has 1 aromatic carbocycles. The molecular weight excluding hydrogens is 230 g/mol. The summed E-state index contributed by atoms with van der Waals surface area (Å²) in [5, 5.41) is 10.1. The van der Waals surface area contributed by atoms with Gasteiger partial charge in [0.15, 0.2) is 0 Å². The molecule has 0 spiro atoms. The molecule has 2 nitrogen and oxygen atoms in total. The minimum atomic E-state index is 0. The molecule has 0 amide bonds. The normalized spacial score (nSPS) is 9.62. The van der Waals surface area contributed by atoms with Crippen LogP contribution in [0.4, 0.5) is 0 Å². The van der Waals surface area contributed by atoms with Gasteiger partial charge in [0.25, 0.3) is 0 Å². The highest BCUT2D eigenvalue weighted by molar-refractivity contribution is 8.93. The number of hydrogen-bond donors (Lipinski definition) is 1. The van der Waals surface area contributed by atoms with E-state index in [2.05, 4.69) is 4.98 Å². The molecule has 0 saturated heterocycles. The number of fused-ring (bicyclic) bond motifs is 1. The van der Waals surface area contributed by atoms with Crippen LogP contribution in [0.15, 0.2) is 30.3 Å². The lowest BCUT2D eigenvalue weighted by Gasteiger charge is -1.98. The Morgan fingerprint density at radius 3 is 2.69 bits per heavy atom. The molecule has 2 aromatic rings. The number of rotatable bonds is 0. The van der Waals surface area contributed by atoms with Crippen LogP contribution in [0.5, 0.6) is 5.75 Å². The molecule has 3 heteroatoms. The zero-order valence-electron chi connectivity index (χ0n) is 7.19. The van der Waals surface area contributed by atoms with E-state index in [1.54, 1.807) is 12.1 Å². The number of aryl methyl sites for hydroxylation is 1. The number of benzene rings is 1. The van der Waals surface area contributed by atoms with E-state index in [0.29, 0.717) is 0 Å². The first-order valence-corrected chi connectivity index (χ1v) is 3.82. The van der Waals surface area contributed by atoms with Crippen molar-refractivity contribution in [3.05, 3.63) is 36.0 Å². The maximum atomic E-state index is 9.17. The Bertz CT molecular complexity index is 387. The number of phenols is 1. The lowest BCUT2D eigenvalue weighted by molar-refractivity contribution is 0.476. The average molecular weight is 240 g/mol. The quantitative estimate of drug-likeness (QED) is 0.768. The topological polar surface area (TPSA) is 33.1 Å². The van der Waals surface area contributed by atoms with Crippen LogP contribution in [-0.2, 0) is 0 Å². The van der Waals surface area contributed by atoms with Crippen LogP contribution in [0.3, 0.4) is 0 Å². The first-order chi connectivity index (χ1) is 5.75. The van der Waals surface area contributed by atoms with Crippen LogP contribution >= 0.6 is 17.0 Å². The Kier molecular flexibility index (Phi) is 2.88. The molecular formula is C10H10BrNO. The van der Waals surface area contributed by atoms with Gasteiger partial charge in [-0.15, -0.1) is 17.0 Å². The monoisotopic (exact) mass is 239 g/mol. The summed E-state index contributed by atoms with van der Waals surface area (Å²) in [6.07, 6.45) is 0. The molecule has 0 unspecified atom stereocenters. The molecule has 13 heavy (non-hydrogen) atoms. The maximum Gasteiger partial charge on any atom is 0.116 e. The van der Waals surface area contributed by atoms with Crippen LogP contribution in [0, 0.1) is 6.92 Å². The molecule has 0 radical (unpaired) electrons. The Balaban J connectivity index is 0.000000845. The second-order valence-electron chi connectivity index (χ2n) is 2.83. The summed E-state index contributed by atoms with van der Waals surface area (Å²) >= 11 is 0. The Hall–Kier alpha value is -1.09. The van der Waals surface area contributed by atoms with Gasteiger partial charge in [0.2, 0.25) is 0 Å². The van der Waals surface area contributed by atoms with E-state index in [9.17, 15) is 5.11 Å². The third kappa shape index (κ3) is 1.98. The number of halogens is 1. The van der Waals surface area contributed by atoms with E-state index >= 15 is 0 Å². The van der Waals surface area contributed by atoms with E-state index in [1.165, 1.54) is 0 Å². The summed E-state index contributed by atoms with van der Waals surface area (Å²) in [6.45, 7) is 1.95. The summed E-state index contributed by atoms with van der Waals surface area (Å²) in [5.41, 5.74) is 1.92. The number of phenolic OH excluding ortho intramolecular Hbond substituents is 1. The molecule has 68 valence electrons. The van der Waals surface area contributed by atoms with Gasteiger partial charge in [0, 0.05) is 11.1 Å². The van der Waals surface area contributed by atoms with Crippen molar-refractivity contribution in [3.63, 3.8) is 0 Å². The summed E-state index contributed by atoms with van der Waals surface area (Å²) in [7, 11) is 0. The van der Waals surface area contributed by atoms with Crippen molar-refractivity contribution < 1.29 is 5.11 Å². The van der Waals surface area contributed by atoms with Crippen molar-refractivity contribution >= 4 is 27.9 Å². The summed E-state index contributed by atoms with van der Waals surface area (Å²) in [5.74, 6) is 0.285. The van der Waals surface area contributed by atoms with Gasteiger partial charge >= 0.3 is 0 Å². The highest BCUT2D eigenvalue weighted by Gasteiger charge is 1.95. The van der Waals surface area contributed by atoms with Gasteiger partial charge in [-0.1, -0.05) is 6.07 Å². The Morgan fingerprint density at radius 2 is 1.92 bits per heavy atom. The molecule has 0 fully saturated rings. The third-order valence-electron chi connectivity index (χ3n) is 1.81. The van der Waals surface area contributed by atoms with Crippen molar-refractivity contribution in [2.24, 2.45) is 0 Å². The fourth-order valence-electron chi connectivity index (χ4n) is 1.21. The predicted octanol–water partition coefficient (Wildman–Crippen LogP) is 2.83. The van der Waals surface area contributed by atoms with Crippen LogP contribution < -0.4 is 0 Å². The highest BCUT2D eigenvalue weighted by Crippen LogP contribution is 2.17. The standard InChI is InChI=1S/C10H9NO.BrH/c1-7-2-3-8-6-9(12)4-5-10(8)11-7;/h2-6,12H,1H3;1H. The molecule has 0 aliphatic heterocycles. The van der Waals surface area contributed by atoms with Crippen LogP contribution in [0.25, 0.3) is 10.9 Å². The summed E-state index contributed by atoms with van der Waals surface area (Å²) in [4.78, 5) is 4.31. The molecule has 0 saturated carbocycles. The lowest BCUT2D eigenvalue weighted by Crippen LogP contribution is -1.81. The minimum absolute atomic E-state index is 0. The zero-order valence-corrected chi connectivity index (χ0v) is 8.90. The molecule has 1 aromatic heterocycles. The zero-order chi connectivity index (χ0) is 8.55. The van der Waals surface area contributed by atoms with Gasteiger partial charge in [-0.25, -0.2) is 0 Å². The molecule has 0 bridgehead atoms. The molecule has 0 atom stereocenters. The Morgan fingerprint density at radius 1 is 1.15 bits per heavy atom. The van der Waals surface area contributed by atoms with E-state index in [0.717, 1.165) is 16.6 Å². The number of aromatic nitrogens is 1. The maximum absolute atomic E-state index is 9.17. The molecule has 1 N–H and O–H groups in total. The molecule has 2 rings (SSSR count). The van der Waals surface area contributed by atoms with E-state index in [-0.39, 0.29) is 22.7 Å². The number of hydrogen-bond acceptors (Lipinski definition) is 2. The average Bonchev–Trinajstić information content (AvgIpc) is 2.05. The molecule has 1 heterocycles. The van der Waals surface area contributed by atoms with Gasteiger partial charge in [-0.2, -0.15) is 0 Å². The SMILES string of the molecule is Br.Cc1ccc2cc(O)ccc2n1. The second kappa shape index (κ2) is 3.75. The fraction of sp³-hybridized carbons (Fsp3) is 0.100. The lowest BCUT2D eigenvalue weighted by atomic mass is 10.2. The first-order valence-electron chi connectivity index (χ1n) is 3.82. The number of nitrogens with zero attached hydrogens (tertiary/aromatic N) is 1. The van der Waals surface area contributed by atoms with Crippen LogP contribution in [0.1, 0.15) is 5.69 Å².